The molecule has 0 aliphatic heterocycles. The van der Waals surface area contributed by atoms with Crippen molar-refractivity contribution in [1.82, 2.24) is 15.0 Å². The van der Waals surface area contributed by atoms with Gasteiger partial charge in [0, 0.05) is 23.2 Å². The van der Waals surface area contributed by atoms with Crippen LogP contribution in [0.2, 0.25) is 0 Å². The predicted molar refractivity (Wildman–Crippen MR) is 99.6 cm³/mol. The van der Waals surface area contributed by atoms with Crippen LogP contribution < -0.4 is 4.90 Å². The van der Waals surface area contributed by atoms with E-state index in [1.807, 2.05) is 6.07 Å². The van der Waals surface area contributed by atoms with E-state index in [-0.39, 0.29) is 0 Å². The van der Waals surface area contributed by atoms with Crippen LogP contribution in [-0.4, -0.2) is 28.1 Å². The van der Waals surface area contributed by atoms with Crippen molar-refractivity contribution in [2.75, 3.05) is 18.0 Å². The maximum absolute atomic E-state index is 4.63. The van der Waals surface area contributed by atoms with Crippen molar-refractivity contribution in [3.63, 3.8) is 0 Å². The summed E-state index contributed by atoms with van der Waals surface area (Å²) in [6, 6.07) is 10.5. The van der Waals surface area contributed by atoms with Crippen LogP contribution in [-0.2, 0) is 0 Å². The van der Waals surface area contributed by atoms with Gasteiger partial charge in [0.2, 0.25) is 0 Å². The minimum absolute atomic E-state index is 0.898. The maximum Gasteiger partial charge on any atom is 0.114 e. The summed E-state index contributed by atoms with van der Waals surface area (Å²) >= 11 is 3.56. The molecule has 0 bridgehead atoms. The molecular formula is C18H21BrN4. The normalized spacial score (nSPS) is 11.2. The SMILES string of the molecule is CCN(CC)c1ccc(-n2nc3cc(C)c(Br)cc3n2)c(C)c1. The maximum atomic E-state index is 4.63. The Hall–Kier alpha value is -1.88. The van der Waals surface area contributed by atoms with Crippen LogP contribution in [0, 0.1) is 13.8 Å². The molecule has 0 fully saturated rings. The van der Waals surface area contributed by atoms with Gasteiger partial charge in [0.15, 0.2) is 0 Å². The molecule has 0 N–H and O–H groups in total. The Balaban J connectivity index is 2.05. The van der Waals surface area contributed by atoms with Crippen molar-refractivity contribution >= 4 is 32.7 Å². The summed E-state index contributed by atoms with van der Waals surface area (Å²) in [5.41, 5.74) is 6.41. The fourth-order valence-corrected chi connectivity index (χ4v) is 3.13. The predicted octanol–water partition coefficient (Wildman–Crippen LogP) is 4.65. The second-order valence-corrected chi connectivity index (χ2v) is 6.58. The summed E-state index contributed by atoms with van der Waals surface area (Å²) in [5.74, 6) is 0. The van der Waals surface area contributed by atoms with Gasteiger partial charge in [-0.05, 0) is 69.2 Å². The first kappa shape index (κ1) is 16.0. The van der Waals surface area contributed by atoms with Crippen LogP contribution in [0.25, 0.3) is 16.7 Å². The van der Waals surface area contributed by atoms with Gasteiger partial charge < -0.3 is 4.90 Å². The zero-order valence-electron chi connectivity index (χ0n) is 14.0. The zero-order valence-corrected chi connectivity index (χ0v) is 15.6. The number of benzene rings is 2. The van der Waals surface area contributed by atoms with Gasteiger partial charge in [0.05, 0.1) is 5.69 Å². The van der Waals surface area contributed by atoms with E-state index < -0.39 is 0 Å². The van der Waals surface area contributed by atoms with Gasteiger partial charge in [0.1, 0.15) is 11.0 Å². The van der Waals surface area contributed by atoms with Crippen molar-refractivity contribution in [1.29, 1.82) is 0 Å². The van der Waals surface area contributed by atoms with Crippen molar-refractivity contribution < 1.29 is 0 Å². The summed E-state index contributed by atoms with van der Waals surface area (Å²) in [6.07, 6.45) is 0. The summed E-state index contributed by atoms with van der Waals surface area (Å²) in [4.78, 5) is 4.07. The van der Waals surface area contributed by atoms with Gasteiger partial charge in [-0.25, -0.2) is 0 Å². The van der Waals surface area contributed by atoms with Crippen LogP contribution in [0.5, 0.6) is 0 Å². The summed E-state index contributed by atoms with van der Waals surface area (Å²) in [7, 11) is 0. The lowest BCUT2D eigenvalue weighted by molar-refractivity contribution is 0.759. The number of nitrogens with zero attached hydrogens (tertiary/aromatic N) is 4. The van der Waals surface area contributed by atoms with Gasteiger partial charge in [-0.15, -0.1) is 10.2 Å². The molecule has 0 unspecified atom stereocenters. The number of hydrogen-bond donors (Lipinski definition) is 0. The number of hydrogen-bond acceptors (Lipinski definition) is 3. The van der Waals surface area contributed by atoms with Crippen LogP contribution in [0.4, 0.5) is 5.69 Å². The Morgan fingerprint density at radius 3 is 2.22 bits per heavy atom. The smallest absolute Gasteiger partial charge is 0.114 e. The highest BCUT2D eigenvalue weighted by Gasteiger charge is 2.10. The number of halogens is 1. The summed E-state index contributed by atoms with van der Waals surface area (Å²) in [5, 5.41) is 9.25. The Bertz CT molecular complexity index is 811. The third kappa shape index (κ3) is 2.98. The molecule has 23 heavy (non-hydrogen) atoms. The van der Waals surface area contributed by atoms with E-state index in [1.54, 1.807) is 4.80 Å². The Morgan fingerprint density at radius 1 is 0.957 bits per heavy atom. The average Bonchev–Trinajstić information content (AvgIpc) is 2.91. The van der Waals surface area contributed by atoms with Crippen molar-refractivity contribution in [2.45, 2.75) is 27.7 Å². The minimum atomic E-state index is 0.898. The molecule has 1 aromatic heterocycles. The molecule has 4 nitrogen and oxygen atoms in total. The first-order valence-electron chi connectivity index (χ1n) is 7.92. The number of rotatable bonds is 4. The molecule has 0 aliphatic carbocycles. The van der Waals surface area contributed by atoms with Gasteiger partial charge in [-0.1, -0.05) is 15.9 Å². The number of anilines is 1. The topological polar surface area (TPSA) is 34.0 Å². The third-order valence-corrected chi connectivity index (χ3v) is 5.04. The van der Waals surface area contributed by atoms with Crippen molar-refractivity contribution in [3.8, 4) is 5.69 Å². The lowest BCUT2D eigenvalue weighted by Gasteiger charge is -2.22. The highest BCUT2D eigenvalue weighted by atomic mass is 79.9. The molecule has 5 heteroatoms. The molecule has 0 saturated heterocycles. The van der Waals surface area contributed by atoms with Gasteiger partial charge in [-0.2, -0.15) is 4.80 Å². The lowest BCUT2D eigenvalue weighted by atomic mass is 10.1. The Kier molecular flexibility index (Phi) is 4.39. The molecule has 1 heterocycles. The van der Waals surface area contributed by atoms with Crippen LogP contribution in [0.15, 0.2) is 34.8 Å². The molecule has 0 aliphatic rings. The highest BCUT2D eigenvalue weighted by molar-refractivity contribution is 9.10. The monoisotopic (exact) mass is 372 g/mol. The van der Waals surface area contributed by atoms with Gasteiger partial charge >= 0.3 is 0 Å². The zero-order chi connectivity index (χ0) is 16.6. The second kappa shape index (κ2) is 6.32. The molecule has 0 saturated carbocycles. The van der Waals surface area contributed by atoms with E-state index >= 15 is 0 Å². The van der Waals surface area contributed by atoms with Gasteiger partial charge in [0.25, 0.3) is 0 Å². The fraction of sp³-hybridized carbons (Fsp3) is 0.333. The molecule has 120 valence electrons. The molecule has 0 atom stereocenters. The first-order chi connectivity index (χ1) is 11.0. The lowest BCUT2D eigenvalue weighted by Crippen LogP contribution is -2.21. The second-order valence-electron chi connectivity index (χ2n) is 5.72. The third-order valence-electron chi connectivity index (χ3n) is 4.19. The first-order valence-corrected chi connectivity index (χ1v) is 8.72. The van der Waals surface area contributed by atoms with E-state index in [0.717, 1.165) is 39.8 Å². The van der Waals surface area contributed by atoms with Crippen molar-refractivity contribution in [2.24, 2.45) is 0 Å². The van der Waals surface area contributed by atoms with Crippen molar-refractivity contribution in [3.05, 3.63) is 45.9 Å². The number of fused-ring (bicyclic) bond motifs is 1. The van der Waals surface area contributed by atoms with Crippen LogP contribution in [0.3, 0.4) is 0 Å². The van der Waals surface area contributed by atoms with E-state index in [1.165, 1.54) is 11.3 Å². The largest absolute Gasteiger partial charge is 0.372 e. The van der Waals surface area contributed by atoms with Crippen LogP contribution in [0.1, 0.15) is 25.0 Å². The van der Waals surface area contributed by atoms with E-state index in [9.17, 15) is 0 Å². The molecular weight excluding hydrogens is 352 g/mol. The average molecular weight is 373 g/mol. The molecule has 3 aromatic rings. The van der Waals surface area contributed by atoms with E-state index in [0.29, 0.717) is 0 Å². The van der Waals surface area contributed by atoms with E-state index in [4.69, 9.17) is 0 Å². The van der Waals surface area contributed by atoms with Gasteiger partial charge in [-0.3, -0.25) is 0 Å². The Labute approximate surface area is 145 Å². The molecule has 3 rings (SSSR count). The standard InChI is InChI=1S/C18H21BrN4/c1-5-22(6-2)14-7-8-18(13(4)9-14)23-20-16-10-12(3)15(19)11-17(16)21-23/h7-11H,5-6H2,1-4H3. The molecule has 2 aromatic carbocycles. The van der Waals surface area contributed by atoms with E-state index in [2.05, 4.69) is 83.0 Å². The molecule has 0 amide bonds. The number of aromatic nitrogens is 3. The molecule has 0 spiro atoms. The number of aryl methyl sites for hydroxylation is 2. The Morgan fingerprint density at radius 2 is 1.61 bits per heavy atom. The quantitative estimate of drug-likeness (QED) is 0.668. The minimum Gasteiger partial charge on any atom is -0.372 e. The fourth-order valence-electron chi connectivity index (χ4n) is 2.80. The van der Waals surface area contributed by atoms with Crippen LogP contribution >= 0.6 is 15.9 Å². The highest BCUT2D eigenvalue weighted by Crippen LogP contribution is 2.24. The summed E-state index contributed by atoms with van der Waals surface area (Å²) < 4.78 is 1.06. The molecule has 0 radical (unpaired) electrons. The summed E-state index contributed by atoms with van der Waals surface area (Å²) in [6.45, 7) is 10.5.